The molecule has 0 aliphatic heterocycles. The maximum absolute atomic E-state index is 13.4. The summed E-state index contributed by atoms with van der Waals surface area (Å²) in [6.45, 7) is 1.17. The average molecular weight is 297 g/mol. The Bertz CT molecular complexity index is 323. The van der Waals surface area contributed by atoms with Crippen LogP contribution < -0.4 is 4.74 Å². The van der Waals surface area contributed by atoms with Crippen LogP contribution in [0.4, 0.5) is 4.39 Å². The van der Waals surface area contributed by atoms with Crippen LogP contribution in [0.5, 0.6) is 5.75 Å². The van der Waals surface area contributed by atoms with E-state index < -0.39 is 5.82 Å². The molecule has 0 N–H and O–H groups in total. The minimum absolute atomic E-state index is 0.209. The van der Waals surface area contributed by atoms with Gasteiger partial charge in [0.05, 0.1) is 4.47 Å². The van der Waals surface area contributed by atoms with Gasteiger partial charge in [0.15, 0.2) is 11.6 Å². The first-order chi connectivity index (χ1) is 7.00. The standard InChI is InChI=1S/C10H12BrClFNO/c1-14(2)3-4-15-10-8(11)5-7(12)6-9(10)13/h5-6H,3-4H2,1-2H3. The van der Waals surface area contributed by atoms with Crippen LogP contribution in [0.15, 0.2) is 16.6 Å². The van der Waals surface area contributed by atoms with Gasteiger partial charge in [-0.2, -0.15) is 0 Å². The van der Waals surface area contributed by atoms with Gasteiger partial charge in [0.2, 0.25) is 0 Å². The summed E-state index contributed by atoms with van der Waals surface area (Å²) in [5.74, 6) is -0.241. The van der Waals surface area contributed by atoms with Crippen molar-refractivity contribution in [2.24, 2.45) is 0 Å². The highest BCUT2D eigenvalue weighted by atomic mass is 79.9. The van der Waals surface area contributed by atoms with Crippen LogP contribution in [-0.4, -0.2) is 32.1 Å². The first-order valence-electron chi connectivity index (χ1n) is 4.43. The molecule has 5 heteroatoms. The number of hydrogen-bond donors (Lipinski definition) is 0. The molecule has 0 spiro atoms. The van der Waals surface area contributed by atoms with Crippen LogP contribution in [0, 0.1) is 5.82 Å². The van der Waals surface area contributed by atoms with Crippen LogP contribution >= 0.6 is 27.5 Å². The molecule has 84 valence electrons. The first-order valence-corrected chi connectivity index (χ1v) is 5.60. The van der Waals surface area contributed by atoms with Crippen molar-refractivity contribution < 1.29 is 9.13 Å². The molecule has 0 amide bonds. The number of rotatable bonds is 4. The van der Waals surface area contributed by atoms with Gasteiger partial charge in [-0.05, 0) is 42.2 Å². The number of benzene rings is 1. The molecule has 0 atom stereocenters. The Morgan fingerprint density at radius 3 is 2.67 bits per heavy atom. The number of ether oxygens (including phenoxy) is 1. The largest absolute Gasteiger partial charge is 0.488 e. The second-order valence-corrected chi connectivity index (χ2v) is 4.64. The van der Waals surface area contributed by atoms with Crippen molar-refractivity contribution in [1.29, 1.82) is 0 Å². The van der Waals surface area contributed by atoms with Crippen molar-refractivity contribution >= 4 is 27.5 Å². The highest BCUT2D eigenvalue weighted by Crippen LogP contribution is 2.31. The number of hydrogen-bond acceptors (Lipinski definition) is 2. The van der Waals surface area contributed by atoms with E-state index in [-0.39, 0.29) is 5.75 Å². The van der Waals surface area contributed by atoms with E-state index in [4.69, 9.17) is 16.3 Å². The molecule has 0 aliphatic carbocycles. The van der Waals surface area contributed by atoms with Gasteiger partial charge in [0.1, 0.15) is 6.61 Å². The summed E-state index contributed by atoms with van der Waals surface area (Å²) in [5, 5.41) is 0.347. The lowest BCUT2D eigenvalue weighted by molar-refractivity contribution is 0.251. The fourth-order valence-corrected chi connectivity index (χ4v) is 1.88. The van der Waals surface area contributed by atoms with Gasteiger partial charge in [-0.3, -0.25) is 0 Å². The third kappa shape index (κ3) is 3.97. The van der Waals surface area contributed by atoms with Crippen molar-refractivity contribution in [3.8, 4) is 5.75 Å². The second kappa shape index (κ2) is 5.68. The average Bonchev–Trinajstić information content (AvgIpc) is 2.08. The summed E-state index contributed by atoms with van der Waals surface area (Å²) in [6, 6.07) is 2.84. The summed E-state index contributed by atoms with van der Waals surface area (Å²) in [5.41, 5.74) is 0. The minimum atomic E-state index is -0.451. The Morgan fingerprint density at radius 2 is 2.13 bits per heavy atom. The summed E-state index contributed by atoms with van der Waals surface area (Å²) >= 11 is 8.88. The van der Waals surface area contributed by atoms with Crippen LogP contribution in [0.2, 0.25) is 5.02 Å². The van der Waals surface area contributed by atoms with Crippen LogP contribution in [-0.2, 0) is 0 Å². The van der Waals surface area contributed by atoms with E-state index in [0.717, 1.165) is 6.54 Å². The van der Waals surface area contributed by atoms with Crippen LogP contribution in [0.25, 0.3) is 0 Å². The molecule has 0 heterocycles. The predicted octanol–water partition coefficient (Wildman–Crippen LogP) is 3.18. The third-order valence-corrected chi connectivity index (χ3v) is 2.56. The Kier molecular flexibility index (Phi) is 4.83. The van der Waals surface area contributed by atoms with Crippen molar-refractivity contribution in [1.82, 2.24) is 4.90 Å². The summed E-state index contributed by atoms with van der Waals surface area (Å²) in [6.07, 6.45) is 0. The normalized spacial score (nSPS) is 10.8. The van der Waals surface area contributed by atoms with E-state index >= 15 is 0 Å². The van der Waals surface area contributed by atoms with Gasteiger partial charge in [-0.1, -0.05) is 11.6 Å². The summed E-state index contributed by atoms with van der Waals surface area (Å²) < 4.78 is 19.2. The lowest BCUT2D eigenvalue weighted by Crippen LogP contribution is -2.19. The zero-order chi connectivity index (χ0) is 11.4. The number of likely N-dealkylation sites (N-methyl/N-ethyl adjacent to an activating group) is 1. The Morgan fingerprint density at radius 1 is 1.47 bits per heavy atom. The maximum Gasteiger partial charge on any atom is 0.169 e. The summed E-state index contributed by atoms with van der Waals surface area (Å²) in [4.78, 5) is 1.96. The van der Waals surface area contributed by atoms with E-state index in [2.05, 4.69) is 15.9 Å². The van der Waals surface area contributed by atoms with Crippen LogP contribution in [0.3, 0.4) is 0 Å². The lowest BCUT2D eigenvalue weighted by atomic mass is 10.3. The zero-order valence-electron chi connectivity index (χ0n) is 8.56. The molecular formula is C10H12BrClFNO. The van der Waals surface area contributed by atoms with Crippen molar-refractivity contribution in [2.45, 2.75) is 0 Å². The van der Waals surface area contributed by atoms with E-state index in [9.17, 15) is 4.39 Å². The Labute approximate surface area is 102 Å². The molecule has 1 aromatic rings. The van der Waals surface area contributed by atoms with Gasteiger partial charge in [0.25, 0.3) is 0 Å². The number of halogens is 3. The molecule has 0 unspecified atom stereocenters. The van der Waals surface area contributed by atoms with Gasteiger partial charge in [-0.15, -0.1) is 0 Å². The molecule has 0 saturated heterocycles. The first kappa shape index (κ1) is 12.7. The quantitative estimate of drug-likeness (QED) is 0.846. The minimum Gasteiger partial charge on any atom is -0.488 e. The maximum atomic E-state index is 13.4. The van der Waals surface area contributed by atoms with Gasteiger partial charge >= 0.3 is 0 Å². The van der Waals surface area contributed by atoms with Crippen LogP contribution in [0.1, 0.15) is 0 Å². The fraction of sp³-hybridized carbons (Fsp3) is 0.400. The highest BCUT2D eigenvalue weighted by molar-refractivity contribution is 9.10. The number of nitrogens with zero attached hydrogens (tertiary/aromatic N) is 1. The van der Waals surface area contributed by atoms with E-state index in [1.807, 2.05) is 19.0 Å². The smallest absolute Gasteiger partial charge is 0.169 e. The van der Waals surface area contributed by atoms with Gasteiger partial charge in [-0.25, -0.2) is 4.39 Å². The molecule has 0 radical (unpaired) electrons. The predicted molar refractivity (Wildman–Crippen MR) is 63.2 cm³/mol. The summed E-state index contributed by atoms with van der Waals surface area (Å²) in [7, 11) is 3.85. The van der Waals surface area contributed by atoms with Gasteiger partial charge < -0.3 is 9.64 Å². The molecule has 0 fully saturated rings. The Hall–Kier alpha value is -0.320. The molecule has 2 nitrogen and oxygen atoms in total. The lowest BCUT2D eigenvalue weighted by Gasteiger charge is -2.12. The molecule has 1 rings (SSSR count). The highest BCUT2D eigenvalue weighted by Gasteiger charge is 2.09. The topological polar surface area (TPSA) is 12.5 Å². The third-order valence-electron chi connectivity index (χ3n) is 1.75. The van der Waals surface area contributed by atoms with E-state index in [0.29, 0.717) is 16.1 Å². The molecular weight excluding hydrogens is 284 g/mol. The molecule has 0 bridgehead atoms. The molecule has 15 heavy (non-hydrogen) atoms. The van der Waals surface area contributed by atoms with Gasteiger partial charge in [0, 0.05) is 11.6 Å². The Balaban J connectivity index is 2.68. The zero-order valence-corrected chi connectivity index (χ0v) is 10.9. The van der Waals surface area contributed by atoms with E-state index in [1.165, 1.54) is 6.07 Å². The van der Waals surface area contributed by atoms with Crippen molar-refractivity contribution in [2.75, 3.05) is 27.2 Å². The molecule has 0 aliphatic rings. The van der Waals surface area contributed by atoms with Crippen molar-refractivity contribution in [3.05, 3.63) is 27.4 Å². The molecule has 0 saturated carbocycles. The second-order valence-electron chi connectivity index (χ2n) is 3.35. The SMILES string of the molecule is CN(C)CCOc1c(F)cc(Cl)cc1Br. The fourth-order valence-electron chi connectivity index (χ4n) is 0.997. The monoisotopic (exact) mass is 295 g/mol. The molecule has 1 aromatic carbocycles. The molecule has 0 aromatic heterocycles. The van der Waals surface area contributed by atoms with Crippen molar-refractivity contribution in [3.63, 3.8) is 0 Å². The van der Waals surface area contributed by atoms with E-state index in [1.54, 1.807) is 6.07 Å².